The molecule has 0 saturated carbocycles. The predicted molar refractivity (Wildman–Crippen MR) is 70.9 cm³/mol. The number of hydrogen-bond donors (Lipinski definition) is 2. The van der Waals surface area contributed by atoms with Gasteiger partial charge in [0.1, 0.15) is 11.6 Å². The lowest BCUT2D eigenvalue weighted by molar-refractivity contribution is -0.138. The largest absolute Gasteiger partial charge is 0.480 e. The number of nitrogens with one attached hydrogen (secondary N) is 1. The number of carbonyl (C=O) groups excluding carboxylic acids is 1. The Morgan fingerprint density at radius 2 is 2.05 bits per heavy atom. The van der Waals surface area contributed by atoms with Gasteiger partial charge in [0.25, 0.3) is 0 Å². The first-order chi connectivity index (χ1) is 9.92. The summed E-state index contributed by atoms with van der Waals surface area (Å²) in [5, 5.41) is 11.0. The van der Waals surface area contributed by atoms with Crippen molar-refractivity contribution in [1.82, 2.24) is 4.90 Å². The molecule has 21 heavy (non-hydrogen) atoms. The lowest BCUT2D eigenvalue weighted by Gasteiger charge is -2.19. The van der Waals surface area contributed by atoms with Gasteiger partial charge in [0, 0.05) is 19.7 Å². The van der Waals surface area contributed by atoms with E-state index in [0.717, 1.165) is 12.1 Å². The average Bonchev–Trinajstić information content (AvgIpc) is 2.38. The fourth-order valence-corrected chi connectivity index (χ4v) is 1.61. The van der Waals surface area contributed by atoms with Crippen LogP contribution in [0.5, 0.6) is 0 Å². The lowest BCUT2D eigenvalue weighted by Crippen LogP contribution is -2.38. The Balaban J connectivity index is 2.61. The zero-order chi connectivity index (χ0) is 15.8. The SMILES string of the molecule is COCCN(CC(=O)O)CC(=O)Nc1ccc(F)cc1F. The van der Waals surface area contributed by atoms with Gasteiger partial charge in [-0.3, -0.25) is 14.5 Å². The number of hydrogen-bond acceptors (Lipinski definition) is 4. The van der Waals surface area contributed by atoms with E-state index in [1.54, 1.807) is 0 Å². The molecule has 8 heteroatoms. The molecule has 0 atom stereocenters. The maximum Gasteiger partial charge on any atom is 0.317 e. The van der Waals surface area contributed by atoms with Crippen LogP contribution in [0.15, 0.2) is 18.2 Å². The molecule has 1 aromatic rings. The quantitative estimate of drug-likeness (QED) is 0.747. The smallest absolute Gasteiger partial charge is 0.317 e. The number of anilines is 1. The zero-order valence-corrected chi connectivity index (χ0v) is 11.4. The van der Waals surface area contributed by atoms with Gasteiger partial charge in [0.2, 0.25) is 5.91 Å². The molecule has 1 amide bonds. The van der Waals surface area contributed by atoms with Gasteiger partial charge in [-0.25, -0.2) is 8.78 Å². The van der Waals surface area contributed by atoms with Crippen LogP contribution < -0.4 is 5.32 Å². The summed E-state index contributed by atoms with van der Waals surface area (Å²) in [4.78, 5) is 23.8. The number of carboxylic acid groups (broad SMARTS) is 1. The summed E-state index contributed by atoms with van der Waals surface area (Å²) in [6.45, 7) is -0.0945. The molecule has 6 nitrogen and oxygen atoms in total. The molecule has 0 aliphatic heterocycles. The van der Waals surface area contributed by atoms with Crippen LogP contribution in [-0.2, 0) is 14.3 Å². The van der Waals surface area contributed by atoms with Crippen LogP contribution in [0.4, 0.5) is 14.5 Å². The Labute approximate surface area is 120 Å². The highest BCUT2D eigenvalue weighted by Crippen LogP contribution is 2.14. The first-order valence-electron chi connectivity index (χ1n) is 6.10. The standard InChI is InChI=1S/C13H16F2N2O4/c1-21-5-4-17(8-13(19)20)7-12(18)16-11-3-2-9(14)6-10(11)15/h2-3,6H,4-5,7-8H2,1H3,(H,16,18)(H,19,20). The van der Waals surface area contributed by atoms with E-state index in [1.165, 1.54) is 12.0 Å². The third-order valence-corrected chi connectivity index (χ3v) is 2.54. The summed E-state index contributed by atoms with van der Waals surface area (Å²) in [5.74, 6) is -3.34. The topological polar surface area (TPSA) is 78.9 Å². The van der Waals surface area contributed by atoms with Crippen LogP contribution in [0.3, 0.4) is 0 Å². The molecule has 0 aliphatic carbocycles. The number of rotatable bonds is 8. The van der Waals surface area contributed by atoms with Crippen molar-refractivity contribution in [3.05, 3.63) is 29.8 Å². The first kappa shape index (κ1) is 17.0. The Morgan fingerprint density at radius 1 is 1.33 bits per heavy atom. The molecule has 0 aliphatic rings. The molecule has 0 heterocycles. The third-order valence-electron chi connectivity index (χ3n) is 2.54. The molecule has 116 valence electrons. The van der Waals surface area contributed by atoms with Gasteiger partial charge in [-0.05, 0) is 12.1 Å². The van der Waals surface area contributed by atoms with E-state index >= 15 is 0 Å². The number of nitrogens with zero attached hydrogens (tertiary/aromatic N) is 1. The third kappa shape index (κ3) is 6.28. The van der Waals surface area contributed by atoms with Crippen LogP contribution in [0, 0.1) is 11.6 Å². The summed E-state index contributed by atoms with van der Waals surface area (Å²) in [6.07, 6.45) is 0. The van der Waals surface area contributed by atoms with Gasteiger partial charge in [-0.2, -0.15) is 0 Å². The number of aliphatic carboxylic acids is 1. The first-order valence-corrected chi connectivity index (χ1v) is 6.10. The number of benzene rings is 1. The molecule has 2 N–H and O–H groups in total. The number of ether oxygens (including phenoxy) is 1. The van der Waals surface area contributed by atoms with Crippen LogP contribution >= 0.6 is 0 Å². The Hall–Kier alpha value is -2.06. The van der Waals surface area contributed by atoms with Crippen molar-refractivity contribution in [1.29, 1.82) is 0 Å². The van der Waals surface area contributed by atoms with E-state index in [0.29, 0.717) is 6.07 Å². The van der Waals surface area contributed by atoms with Crippen molar-refractivity contribution < 1.29 is 28.2 Å². The highest BCUT2D eigenvalue weighted by atomic mass is 19.1. The highest BCUT2D eigenvalue weighted by Gasteiger charge is 2.15. The highest BCUT2D eigenvalue weighted by molar-refractivity contribution is 5.92. The predicted octanol–water partition coefficient (Wildman–Crippen LogP) is 0.936. The Bertz CT molecular complexity index is 511. The van der Waals surface area contributed by atoms with Crippen molar-refractivity contribution >= 4 is 17.6 Å². The fraction of sp³-hybridized carbons (Fsp3) is 0.385. The van der Waals surface area contributed by atoms with Gasteiger partial charge in [0.05, 0.1) is 25.4 Å². The molecule has 1 aromatic carbocycles. The van der Waals surface area contributed by atoms with Gasteiger partial charge < -0.3 is 15.2 Å². The molecule has 0 aromatic heterocycles. The molecule has 0 radical (unpaired) electrons. The molecule has 1 rings (SSSR count). The van der Waals surface area contributed by atoms with E-state index in [2.05, 4.69) is 5.32 Å². The molecule has 0 spiro atoms. The minimum atomic E-state index is -1.09. The van der Waals surface area contributed by atoms with Crippen molar-refractivity contribution in [2.24, 2.45) is 0 Å². The van der Waals surface area contributed by atoms with Gasteiger partial charge in [-0.1, -0.05) is 0 Å². The maximum atomic E-state index is 13.4. The van der Waals surface area contributed by atoms with E-state index in [-0.39, 0.29) is 31.9 Å². The molecule has 0 fully saturated rings. The van der Waals surface area contributed by atoms with Crippen LogP contribution in [0.1, 0.15) is 0 Å². The summed E-state index contributed by atoms with van der Waals surface area (Å²) in [6, 6.07) is 2.76. The molecule has 0 unspecified atom stereocenters. The second-order valence-electron chi connectivity index (χ2n) is 4.27. The average molecular weight is 302 g/mol. The molecule has 0 saturated heterocycles. The summed E-state index contributed by atoms with van der Waals surface area (Å²) in [7, 11) is 1.45. The second-order valence-corrected chi connectivity index (χ2v) is 4.27. The molecular weight excluding hydrogens is 286 g/mol. The minimum absolute atomic E-state index is 0.164. The van der Waals surface area contributed by atoms with Crippen LogP contribution in [0.25, 0.3) is 0 Å². The van der Waals surface area contributed by atoms with E-state index < -0.39 is 23.5 Å². The van der Waals surface area contributed by atoms with Crippen molar-refractivity contribution in [3.63, 3.8) is 0 Å². The number of amides is 1. The fourth-order valence-electron chi connectivity index (χ4n) is 1.61. The van der Waals surface area contributed by atoms with E-state index in [9.17, 15) is 18.4 Å². The van der Waals surface area contributed by atoms with Crippen molar-refractivity contribution in [3.8, 4) is 0 Å². The minimum Gasteiger partial charge on any atom is -0.480 e. The Morgan fingerprint density at radius 3 is 2.62 bits per heavy atom. The second kappa shape index (κ2) is 8.28. The molecular formula is C13H16F2N2O4. The van der Waals surface area contributed by atoms with E-state index in [1.807, 2.05) is 0 Å². The van der Waals surface area contributed by atoms with E-state index in [4.69, 9.17) is 9.84 Å². The van der Waals surface area contributed by atoms with Gasteiger partial charge in [0.15, 0.2) is 0 Å². The maximum absolute atomic E-state index is 13.4. The van der Waals surface area contributed by atoms with Crippen LogP contribution in [0.2, 0.25) is 0 Å². The lowest BCUT2D eigenvalue weighted by atomic mass is 10.3. The number of carboxylic acids is 1. The number of methoxy groups -OCH3 is 1. The zero-order valence-electron chi connectivity index (χ0n) is 11.4. The van der Waals surface area contributed by atoms with Gasteiger partial charge in [-0.15, -0.1) is 0 Å². The van der Waals surface area contributed by atoms with Gasteiger partial charge >= 0.3 is 5.97 Å². The Kier molecular flexibility index (Phi) is 6.70. The normalized spacial score (nSPS) is 10.7. The summed E-state index contributed by atoms with van der Waals surface area (Å²) in [5.41, 5.74) is -0.164. The summed E-state index contributed by atoms with van der Waals surface area (Å²) >= 11 is 0. The monoisotopic (exact) mass is 302 g/mol. The summed E-state index contributed by atoms with van der Waals surface area (Å²) < 4.78 is 30.9. The molecule has 0 bridgehead atoms. The number of carbonyl (C=O) groups is 2. The van der Waals surface area contributed by atoms with Crippen molar-refractivity contribution in [2.45, 2.75) is 0 Å². The van der Waals surface area contributed by atoms with Crippen molar-refractivity contribution in [2.75, 3.05) is 38.7 Å². The number of halogens is 2. The van der Waals surface area contributed by atoms with Crippen LogP contribution in [-0.4, -0.2) is 55.2 Å².